The van der Waals surface area contributed by atoms with E-state index in [0.29, 0.717) is 5.75 Å². The molecule has 15 heavy (non-hydrogen) atoms. The fourth-order valence-corrected chi connectivity index (χ4v) is 1.93. The molecule has 74 valence electrons. The Hall–Kier alpha value is -1.96. The number of aromatic hydroxyl groups is 1. The number of phenols is 1. The van der Waals surface area contributed by atoms with Gasteiger partial charge in [0.15, 0.2) is 0 Å². The van der Waals surface area contributed by atoms with Gasteiger partial charge in [0.2, 0.25) is 0 Å². The van der Waals surface area contributed by atoms with Gasteiger partial charge >= 0.3 is 0 Å². The van der Waals surface area contributed by atoms with Crippen molar-refractivity contribution in [2.75, 3.05) is 0 Å². The summed E-state index contributed by atoms with van der Waals surface area (Å²) in [6.07, 6.45) is 9.70. The molecule has 3 rings (SSSR count). The molecule has 0 spiro atoms. The number of benzene rings is 1. The zero-order valence-electron chi connectivity index (χ0n) is 8.05. The lowest BCUT2D eigenvalue weighted by Gasteiger charge is -2.20. The van der Waals surface area contributed by atoms with Crippen LogP contribution in [0.3, 0.4) is 0 Å². The number of phenolic OH excluding ortho intramolecular Hbond substituents is 1. The Labute approximate surface area is 87.1 Å². The largest absolute Gasteiger partial charge is 0.508 e. The molecule has 0 saturated heterocycles. The lowest BCUT2D eigenvalue weighted by atomic mass is 9.99. The summed E-state index contributed by atoms with van der Waals surface area (Å²) in [6, 6.07) is 5.31. The Morgan fingerprint density at radius 3 is 3.07 bits per heavy atom. The molecular weight excluding hydrogens is 188 g/mol. The van der Waals surface area contributed by atoms with Crippen LogP contribution in [0.5, 0.6) is 5.75 Å². The van der Waals surface area contributed by atoms with Crippen molar-refractivity contribution in [2.45, 2.75) is 6.10 Å². The van der Waals surface area contributed by atoms with Crippen LogP contribution in [0, 0.1) is 0 Å². The lowest BCUT2D eigenvalue weighted by Crippen LogP contribution is -2.35. The van der Waals surface area contributed by atoms with Crippen LogP contribution in [0.2, 0.25) is 0 Å². The molecule has 2 heteroatoms. The predicted octanol–water partition coefficient (Wildman–Crippen LogP) is 0.806. The second-order valence-electron chi connectivity index (χ2n) is 3.65. The molecule has 1 unspecified atom stereocenters. The van der Waals surface area contributed by atoms with E-state index in [1.807, 2.05) is 30.4 Å². The van der Waals surface area contributed by atoms with Crippen molar-refractivity contribution in [1.82, 2.24) is 0 Å². The van der Waals surface area contributed by atoms with Gasteiger partial charge in [-0.15, -0.1) is 0 Å². The van der Waals surface area contributed by atoms with Crippen molar-refractivity contribution >= 4 is 11.8 Å². The van der Waals surface area contributed by atoms with Crippen molar-refractivity contribution in [3.63, 3.8) is 0 Å². The van der Waals surface area contributed by atoms with Crippen molar-refractivity contribution in [3.05, 3.63) is 52.9 Å². The van der Waals surface area contributed by atoms with E-state index >= 15 is 0 Å². The van der Waals surface area contributed by atoms with Crippen LogP contribution < -0.4 is 10.4 Å². The van der Waals surface area contributed by atoms with Gasteiger partial charge in [-0.3, -0.25) is 0 Å². The summed E-state index contributed by atoms with van der Waals surface area (Å²) >= 11 is 0. The quantitative estimate of drug-likeness (QED) is 0.668. The van der Waals surface area contributed by atoms with E-state index in [1.54, 1.807) is 18.4 Å². The minimum atomic E-state index is -0.00991. The lowest BCUT2D eigenvalue weighted by molar-refractivity contribution is 0.275. The third-order valence-corrected chi connectivity index (χ3v) is 2.67. The second kappa shape index (κ2) is 3.02. The van der Waals surface area contributed by atoms with Gasteiger partial charge in [-0.25, -0.2) is 0 Å². The fraction of sp³-hybridized carbons (Fsp3) is 0.0769. The summed E-state index contributed by atoms with van der Waals surface area (Å²) in [7, 11) is 0. The highest BCUT2D eigenvalue weighted by Crippen LogP contribution is 2.17. The van der Waals surface area contributed by atoms with Gasteiger partial charge in [0.25, 0.3) is 0 Å². The van der Waals surface area contributed by atoms with Crippen LogP contribution in [-0.4, -0.2) is 11.2 Å². The highest BCUT2D eigenvalue weighted by Gasteiger charge is 2.15. The van der Waals surface area contributed by atoms with E-state index in [4.69, 9.17) is 4.74 Å². The average molecular weight is 198 g/mol. The summed E-state index contributed by atoms with van der Waals surface area (Å²) in [5.74, 6) is 0.290. The van der Waals surface area contributed by atoms with E-state index < -0.39 is 0 Å². The molecule has 1 atom stereocenters. The standard InChI is InChI=1S/C13H10O2/c14-10-6-5-9-8-15-13-4-2-1-3-11(13)12(9)7-10/h1-8,13-14H. The smallest absolute Gasteiger partial charge is 0.142 e. The van der Waals surface area contributed by atoms with E-state index in [9.17, 15) is 5.11 Å². The number of hydrogen-bond acceptors (Lipinski definition) is 2. The first-order valence-corrected chi connectivity index (χ1v) is 4.88. The number of rotatable bonds is 0. The summed E-state index contributed by atoms with van der Waals surface area (Å²) in [5.41, 5.74) is 1.10. The van der Waals surface area contributed by atoms with Gasteiger partial charge in [0.05, 0.1) is 6.26 Å². The molecular formula is C13H10O2. The van der Waals surface area contributed by atoms with Crippen molar-refractivity contribution in [1.29, 1.82) is 0 Å². The van der Waals surface area contributed by atoms with Gasteiger partial charge in [-0.05, 0) is 29.5 Å². The first kappa shape index (κ1) is 8.36. The highest BCUT2D eigenvalue weighted by atomic mass is 16.5. The Morgan fingerprint density at radius 1 is 1.20 bits per heavy atom. The summed E-state index contributed by atoms with van der Waals surface area (Å²) in [5, 5.41) is 11.5. The monoisotopic (exact) mass is 198 g/mol. The molecule has 2 aliphatic rings. The van der Waals surface area contributed by atoms with Crippen LogP contribution in [0.4, 0.5) is 0 Å². The van der Waals surface area contributed by atoms with Crippen LogP contribution in [0.15, 0.2) is 42.5 Å². The summed E-state index contributed by atoms with van der Waals surface area (Å²) in [6.45, 7) is 0. The Kier molecular flexibility index (Phi) is 1.68. The molecule has 0 radical (unpaired) electrons. The third-order valence-electron chi connectivity index (χ3n) is 2.67. The SMILES string of the molecule is Oc1ccc2c(c1)=C1C=CC=CC1OC=2. The molecule has 1 N–H and O–H groups in total. The average Bonchev–Trinajstić information content (AvgIpc) is 2.29. The number of fused-ring (bicyclic) bond motifs is 2. The van der Waals surface area contributed by atoms with E-state index in [0.717, 1.165) is 16.0 Å². The molecule has 1 aliphatic heterocycles. The second-order valence-corrected chi connectivity index (χ2v) is 3.65. The van der Waals surface area contributed by atoms with Gasteiger partial charge in [0.1, 0.15) is 11.9 Å². The molecule has 0 fully saturated rings. The fourth-order valence-electron chi connectivity index (χ4n) is 1.93. The molecule has 1 aliphatic carbocycles. The molecule has 0 amide bonds. The van der Waals surface area contributed by atoms with Crippen LogP contribution in [0.25, 0.3) is 11.8 Å². The molecule has 0 saturated carbocycles. The van der Waals surface area contributed by atoms with E-state index in [1.165, 1.54) is 0 Å². The van der Waals surface area contributed by atoms with E-state index in [2.05, 4.69) is 0 Å². The first-order valence-electron chi connectivity index (χ1n) is 4.88. The van der Waals surface area contributed by atoms with Gasteiger partial charge in [-0.2, -0.15) is 0 Å². The molecule has 0 bridgehead atoms. The van der Waals surface area contributed by atoms with Gasteiger partial charge in [-0.1, -0.05) is 18.2 Å². The number of ether oxygens (including phenoxy) is 1. The topological polar surface area (TPSA) is 29.5 Å². The van der Waals surface area contributed by atoms with Crippen molar-refractivity contribution in [3.8, 4) is 5.75 Å². The maximum atomic E-state index is 9.47. The van der Waals surface area contributed by atoms with Crippen molar-refractivity contribution < 1.29 is 9.84 Å². The van der Waals surface area contributed by atoms with E-state index in [-0.39, 0.29) is 6.10 Å². The predicted molar refractivity (Wildman–Crippen MR) is 58.4 cm³/mol. The molecule has 0 aromatic heterocycles. The zero-order valence-corrected chi connectivity index (χ0v) is 8.05. The molecule has 1 aromatic carbocycles. The minimum absolute atomic E-state index is 0.00991. The van der Waals surface area contributed by atoms with Crippen LogP contribution >= 0.6 is 0 Å². The van der Waals surface area contributed by atoms with Gasteiger partial charge < -0.3 is 9.84 Å². The highest BCUT2D eigenvalue weighted by molar-refractivity contribution is 5.67. The Balaban J connectivity index is 2.40. The number of allylic oxidation sites excluding steroid dienone is 2. The third kappa shape index (κ3) is 1.26. The van der Waals surface area contributed by atoms with Crippen molar-refractivity contribution in [2.24, 2.45) is 0 Å². The molecule has 1 heterocycles. The minimum Gasteiger partial charge on any atom is -0.508 e. The van der Waals surface area contributed by atoms with Gasteiger partial charge in [0, 0.05) is 10.8 Å². The maximum absolute atomic E-state index is 9.47. The molecule has 1 aromatic rings. The van der Waals surface area contributed by atoms with Crippen LogP contribution in [-0.2, 0) is 4.74 Å². The summed E-state index contributed by atoms with van der Waals surface area (Å²) < 4.78 is 5.57. The zero-order chi connectivity index (χ0) is 10.3. The maximum Gasteiger partial charge on any atom is 0.142 e. The Bertz CT molecular complexity index is 579. The molecule has 2 nitrogen and oxygen atoms in total. The number of hydrogen-bond donors (Lipinski definition) is 1. The summed E-state index contributed by atoms with van der Waals surface area (Å²) in [4.78, 5) is 0. The van der Waals surface area contributed by atoms with Crippen LogP contribution in [0.1, 0.15) is 0 Å². The first-order chi connectivity index (χ1) is 7.34. The normalized spacial score (nSPS) is 21.3. The Morgan fingerprint density at radius 2 is 2.13 bits per heavy atom.